The summed E-state index contributed by atoms with van der Waals surface area (Å²) in [6.07, 6.45) is -3.29. The number of nitrogens with two attached hydrogens (primary N) is 1. The van der Waals surface area contributed by atoms with E-state index in [2.05, 4.69) is 15.0 Å². The Labute approximate surface area is 136 Å². The summed E-state index contributed by atoms with van der Waals surface area (Å²) in [5.74, 6) is -0.689. The molecule has 0 aromatic heterocycles. The Balaban J connectivity index is 1.79. The van der Waals surface area contributed by atoms with Crippen LogP contribution in [0.4, 0.5) is 0 Å². The van der Waals surface area contributed by atoms with Gasteiger partial charge in [0.05, 0.1) is 6.61 Å². The van der Waals surface area contributed by atoms with Crippen LogP contribution in [0.2, 0.25) is 0 Å². The lowest BCUT2D eigenvalue weighted by Gasteiger charge is -2.32. The summed E-state index contributed by atoms with van der Waals surface area (Å²) < 4.78 is 5.48. The quantitative estimate of drug-likeness (QED) is 0.354. The molecule has 1 unspecified atom stereocenters. The van der Waals surface area contributed by atoms with Crippen molar-refractivity contribution >= 4 is 23.9 Å². The molecule has 5 atom stereocenters. The zero-order chi connectivity index (χ0) is 17.5. The van der Waals surface area contributed by atoms with Gasteiger partial charge in [0.1, 0.15) is 37.0 Å². The zero-order valence-electron chi connectivity index (χ0n) is 12.7. The average molecular weight is 341 g/mol. The van der Waals surface area contributed by atoms with E-state index in [-0.39, 0.29) is 19.5 Å². The molecule has 11 heteroatoms. The molecule has 6 N–H and O–H groups in total. The highest BCUT2D eigenvalue weighted by Crippen LogP contribution is 2.29. The number of fused-ring (bicyclic) bond motifs is 1. The van der Waals surface area contributed by atoms with E-state index in [9.17, 15) is 20.1 Å². The average Bonchev–Trinajstić information content (AvgIpc) is 3.09. The van der Waals surface area contributed by atoms with Gasteiger partial charge in [-0.1, -0.05) is 0 Å². The number of amidine groups is 1. The van der Waals surface area contributed by atoms with Crippen LogP contribution in [0.3, 0.4) is 0 Å². The lowest BCUT2D eigenvalue weighted by atomic mass is 9.97. The molecule has 0 saturated carbocycles. The summed E-state index contributed by atoms with van der Waals surface area (Å²) in [7, 11) is 0. The van der Waals surface area contributed by atoms with E-state index < -0.39 is 42.8 Å². The van der Waals surface area contributed by atoms with Crippen LogP contribution in [-0.2, 0) is 9.53 Å². The van der Waals surface area contributed by atoms with E-state index >= 15 is 0 Å². The number of hydrogen-bond acceptors (Lipinski definition) is 10. The van der Waals surface area contributed by atoms with Gasteiger partial charge in [-0.15, -0.1) is 0 Å². The van der Waals surface area contributed by atoms with E-state index in [1.165, 1.54) is 11.2 Å². The molecule has 0 aromatic carbocycles. The number of carboxylic acids is 1. The molecule has 3 aliphatic rings. The van der Waals surface area contributed by atoms with Gasteiger partial charge in [-0.05, 0) is 0 Å². The largest absolute Gasteiger partial charge is 0.481 e. The van der Waals surface area contributed by atoms with Crippen LogP contribution in [-0.4, -0.2) is 92.7 Å². The molecule has 0 spiro atoms. The summed E-state index contributed by atoms with van der Waals surface area (Å²) in [5, 5.41) is 38.0. The maximum Gasteiger partial charge on any atom is 0.303 e. The zero-order valence-corrected chi connectivity index (χ0v) is 12.7. The van der Waals surface area contributed by atoms with Crippen molar-refractivity contribution in [3.63, 3.8) is 0 Å². The van der Waals surface area contributed by atoms with Crippen molar-refractivity contribution in [2.45, 2.75) is 43.0 Å². The van der Waals surface area contributed by atoms with E-state index in [1.807, 2.05) is 0 Å². The predicted molar refractivity (Wildman–Crippen MR) is 81.6 cm³/mol. The molecule has 11 nitrogen and oxygen atoms in total. The second-order valence-electron chi connectivity index (χ2n) is 5.86. The van der Waals surface area contributed by atoms with Gasteiger partial charge in [0.15, 0.2) is 17.7 Å². The molecule has 0 amide bonds. The molecule has 3 aliphatic heterocycles. The number of aliphatic hydroxyl groups excluding tert-OH is 3. The first-order valence-corrected chi connectivity index (χ1v) is 7.44. The molecule has 0 bridgehead atoms. The van der Waals surface area contributed by atoms with Crippen molar-refractivity contribution in [1.82, 2.24) is 4.90 Å². The van der Waals surface area contributed by atoms with Crippen molar-refractivity contribution in [3.8, 4) is 0 Å². The van der Waals surface area contributed by atoms with E-state index in [1.54, 1.807) is 0 Å². The van der Waals surface area contributed by atoms with Gasteiger partial charge in [-0.2, -0.15) is 0 Å². The minimum Gasteiger partial charge on any atom is -0.481 e. The lowest BCUT2D eigenvalue weighted by Crippen LogP contribution is -2.55. The van der Waals surface area contributed by atoms with Crippen LogP contribution in [0, 0.1) is 0 Å². The first-order chi connectivity index (χ1) is 11.4. The monoisotopic (exact) mass is 341 g/mol. The molecular weight excluding hydrogens is 322 g/mol. The highest BCUT2D eigenvalue weighted by molar-refractivity contribution is 6.47. The summed E-state index contributed by atoms with van der Waals surface area (Å²) >= 11 is 0. The number of hydrogen-bond donors (Lipinski definition) is 5. The maximum absolute atomic E-state index is 10.8. The highest BCUT2D eigenvalue weighted by atomic mass is 16.6. The van der Waals surface area contributed by atoms with Crippen LogP contribution in [0.25, 0.3) is 0 Å². The van der Waals surface area contributed by atoms with Crippen LogP contribution >= 0.6 is 0 Å². The van der Waals surface area contributed by atoms with E-state index in [0.717, 1.165) is 0 Å². The minimum absolute atomic E-state index is 0.0422. The van der Waals surface area contributed by atoms with Gasteiger partial charge in [0.25, 0.3) is 0 Å². The molecule has 0 aromatic rings. The number of carbonyl (C=O) groups is 1. The standard InChI is InChI=1S/C13H19N5O6/c14-13(2-1-7(20)21)10-11(15-4-17-13)18(5-16-10)12-9(23)8(22)6(3-19)24-12/h4,6,8-9,12,19,22-23H,1-3,5,14H2,(H,20,21)/t6-,8-,9-,12-,13?/m1/s1. The van der Waals surface area contributed by atoms with Crippen LogP contribution in [0.15, 0.2) is 15.0 Å². The fourth-order valence-electron chi connectivity index (χ4n) is 2.95. The van der Waals surface area contributed by atoms with Gasteiger partial charge >= 0.3 is 5.97 Å². The molecule has 0 aliphatic carbocycles. The van der Waals surface area contributed by atoms with Gasteiger partial charge in [-0.3, -0.25) is 9.79 Å². The molecule has 3 rings (SSSR count). The third kappa shape index (κ3) is 2.70. The van der Waals surface area contributed by atoms with Gasteiger partial charge in [0.2, 0.25) is 0 Å². The van der Waals surface area contributed by atoms with Crippen molar-refractivity contribution in [2.24, 2.45) is 20.7 Å². The summed E-state index contributed by atoms with van der Waals surface area (Å²) in [6, 6.07) is 0. The molecule has 0 radical (unpaired) electrons. The van der Waals surface area contributed by atoms with Crippen molar-refractivity contribution in [1.29, 1.82) is 0 Å². The Bertz CT molecular complexity index is 622. The molecule has 1 saturated heterocycles. The minimum atomic E-state index is -1.32. The Hall–Kier alpha value is -1.92. The Kier molecular flexibility index (Phi) is 4.36. The van der Waals surface area contributed by atoms with E-state index in [4.69, 9.17) is 15.6 Å². The molecule has 3 heterocycles. The van der Waals surface area contributed by atoms with Gasteiger partial charge in [-0.25, -0.2) is 9.98 Å². The van der Waals surface area contributed by atoms with Gasteiger partial charge in [0, 0.05) is 12.8 Å². The van der Waals surface area contributed by atoms with Crippen molar-refractivity contribution < 1.29 is 30.0 Å². The lowest BCUT2D eigenvalue weighted by molar-refractivity contribution is -0.137. The molecular formula is C13H19N5O6. The summed E-state index contributed by atoms with van der Waals surface area (Å²) in [4.78, 5) is 24.7. The number of carboxylic acid groups (broad SMARTS) is 1. The highest BCUT2D eigenvalue weighted by Gasteiger charge is 2.50. The third-order valence-electron chi connectivity index (χ3n) is 4.29. The number of nitrogens with zero attached hydrogens (tertiary/aromatic N) is 4. The summed E-state index contributed by atoms with van der Waals surface area (Å²) in [5.41, 5.74) is 5.17. The van der Waals surface area contributed by atoms with Gasteiger partial charge < -0.3 is 35.8 Å². The predicted octanol–water partition coefficient (Wildman–Crippen LogP) is -2.90. The molecule has 132 valence electrons. The Morgan fingerprint density at radius 1 is 1.46 bits per heavy atom. The Morgan fingerprint density at radius 3 is 2.83 bits per heavy atom. The SMILES string of the molecule is NC1(CCC(=O)O)N=CN=C2C1=NCN2[C@@H]1O[C@H](CO)[C@@H](O)[C@H]1O. The van der Waals surface area contributed by atoms with E-state index in [0.29, 0.717) is 11.5 Å². The van der Waals surface area contributed by atoms with Crippen LogP contribution in [0.5, 0.6) is 0 Å². The number of ether oxygens (including phenoxy) is 1. The Morgan fingerprint density at radius 2 is 2.21 bits per heavy atom. The first kappa shape index (κ1) is 16.9. The first-order valence-electron chi connectivity index (χ1n) is 7.44. The fourth-order valence-corrected chi connectivity index (χ4v) is 2.95. The van der Waals surface area contributed by atoms with Crippen LogP contribution in [0.1, 0.15) is 12.8 Å². The smallest absolute Gasteiger partial charge is 0.303 e. The maximum atomic E-state index is 10.8. The van der Waals surface area contributed by atoms with Crippen molar-refractivity contribution in [3.05, 3.63) is 0 Å². The normalized spacial score (nSPS) is 38.1. The number of aliphatic carboxylic acids is 1. The molecule has 24 heavy (non-hydrogen) atoms. The second kappa shape index (κ2) is 6.18. The second-order valence-corrected chi connectivity index (χ2v) is 5.86. The number of aliphatic imine (C=N–C) groups is 3. The summed E-state index contributed by atoms with van der Waals surface area (Å²) in [6.45, 7) is -0.375. The third-order valence-corrected chi connectivity index (χ3v) is 4.29. The molecule has 1 fully saturated rings. The topological polar surface area (TPSA) is 174 Å². The fraction of sp³-hybridized carbons (Fsp3) is 0.692. The van der Waals surface area contributed by atoms with Crippen molar-refractivity contribution in [2.75, 3.05) is 13.3 Å². The number of rotatable bonds is 5. The van der Waals surface area contributed by atoms with Crippen LogP contribution < -0.4 is 5.73 Å². The number of aliphatic hydroxyl groups is 3.